The largest absolute Gasteiger partial charge is 0.399 e. The van der Waals surface area contributed by atoms with Gasteiger partial charge in [-0.05, 0) is 29.3 Å². The van der Waals surface area contributed by atoms with Gasteiger partial charge in [0, 0.05) is 16.8 Å². The van der Waals surface area contributed by atoms with Gasteiger partial charge in [-0.2, -0.15) is 0 Å². The van der Waals surface area contributed by atoms with E-state index in [9.17, 15) is 0 Å². The third-order valence-electron chi connectivity index (χ3n) is 3.43. The first-order chi connectivity index (χ1) is 10.2. The van der Waals surface area contributed by atoms with E-state index in [1.165, 1.54) is 0 Å². The molecule has 0 aliphatic heterocycles. The molecular weight excluding hydrogens is 256 g/mol. The summed E-state index contributed by atoms with van der Waals surface area (Å²) in [6.45, 7) is 0. The molecule has 0 spiro atoms. The van der Waals surface area contributed by atoms with Crippen LogP contribution in [0.25, 0.3) is 11.1 Å². The molecule has 0 saturated carbocycles. The fraction of sp³-hybridized carbons (Fsp3) is 0. The molecule has 3 rings (SSSR count). The van der Waals surface area contributed by atoms with Crippen molar-refractivity contribution < 1.29 is 0 Å². The van der Waals surface area contributed by atoms with Gasteiger partial charge in [0.25, 0.3) is 0 Å². The van der Waals surface area contributed by atoms with Gasteiger partial charge < -0.3 is 5.73 Å². The Morgan fingerprint density at radius 3 is 2.00 bits per heavy atom. The average molecular weight is 272 g/mol. The number of rotatable bonds is 3. The topological polar surface area (TPSA) is 49.9 Å². The lowest BCUT2D eigenvalue weighted by Crippen LogP contribution is -2.02. The molecule has 2 heteroatoms. The van der Waals surface area contributed by atoms with Crippen molar-refractivity contribution in [2.24, 2.45) is 0 Å². The summed E-state index contributed by atoms with van der Waals surface area (Å²) < 4.78 is 0. The Hall–Kier alpha value is -2.87. The van der Waals surface area contributed by atoms with E-state index in [0.29, 0.717) is 11.4 Å². The van der Waals surface area contributed by atoms with Gasteiger partial charge in [0.1, 0.15) is 0 Å². The second-order valence-electron chi connectivity index (χ2n) is 4.95. The van der Waals surface area contributed by atoms with Crippen LogP contribution in [0.3, 0.4) is 0 Å². The number of hydrogen-bond acceptors (Lipinski definition) is 2. The number of anilines is 1. The lowest BCUT2D eigenvalue weighted by molar-refractivity contribution is 1.45. The minimum Gasteiger partial charge on any atom is -0.399 e. The molecule has 0 fully saturated rings. The van der Waals surface area contributed by atoms with Crippen LogP contribution in [0, 0.1) is 5.41 Å². The number of nitrogen functional groups attached to an aromatic ring is 1. The van der Waals surface area contributed by atoms with Gasteiger partial charge in [-0.3, -0.25) is 5.41 Å². The third-order valence-corrected chi connectivity index (χ3v) is 3.43. The van der Waals surface area contributed by atoms with Crippen molar-refractivity contribution in [3.8, 4) is 11.1 Å². The Balaban J connectivity index is 1.98. The van der Waals surface area contributed by atoms with Crippen LogP contribution >= 0.6 is 0 Å². The summed E-state index contributed by atoms with van der Waals surface area (Å²) in [5.41, 5.74) is 11.0. The van der Waals surface area contributed by atoms with Crippen molar-refractivity contribution >= 4 is 11.4 Å². The van der Waals surface area contributed by atoms with E-state index < -0.39 is 0 Å². The highest BCUT2D eigenvalue weighted by Gasteiger charge is 2.06. The molecule has 0 unspecified atom stereocenters. The Bertz CT molecular complexity index is 776. The first-order valence-corrected chi connectivity index (χ1v) is 6.84. The molecule has 0 atom stereocenters. The molecule has 3 aromatic rings. The van der Waals surface area contributed by atoms with Crippen molar-refractivity contribution in [1.29, 1.82) is 5.41 Å². The van der Waals surface area contributed by atoms with Gasteiger partial charge in [0.05, 0.1) is 5.71 Å². The zero-order valence-corrected chi connectivity index (χ0v) is 11.6. The zero-order chi connectivity index (χ0) is 14.7. The van der Waals surface area contributed by atoms with Gasteiger partial charge in [-0.1, -0.05) is 60.7 Å². The second kappa shape index (κ2) is 5.63. The summed E-state index contributed by atoms with van der Waals surface area (Å²) in [6.07, 6.45) is 0. The normalized spacial score (nSPS) is 10.3. The lowest BCUT2D eigenvalue weighted by Gasteiger charge is -2.08. The second-order valence-corrected chi connectivity index (χ2v) is 4.95. The van der Waals surface area contributed by atoms with Crippen molar-refractivity contribution in [3.05, 3.63) is 90.0 Å². The van der Waals surface area contributed by atoms with Crippen molar-refractivity contribution in [3.63, 3.8) is 0 Å². The van der Waals surface area contributed by atoms with E-state index in [1.807, 2.05) is 60.7 Å². The predicted molar refractivity (Wildman–Crippen MR) is 88.7 cm³/mol. The molecule has 0 amide bonds. The smallest absolute Gasteiger partial charge is 0.0685 e. The number of nitrogens with one attached hydrogen (secondary N) is 1. The standard InChI is InChI=1S/C19H16N2/c20-18-11-5-10-17(13-18)19(21)16-9-4-8-15(12-16)14-6-2-1-3-7-14/h1-13,21H,20H2. The van der Waals surface area contributed by atoms with Crippen LogP contribution in [-0.2, 0) is 0 Å². The molecule has 0 heterocycles. The van der Waals surface area contributed by atoms with Crippen LogP contribution in [0.4, 0.5) is 5.69 Å². The van der Waals surface area contributed by atoms with E-state index in [4.69, 9.17) is 11.1 Å². The summed E-state index contributed by atoms with van der Waals surface area (Å²) in [5, 5.41) is 8.37. The molecule has 21 heavy (non-hydrogen) atoms. The Kier molecular flexibility index (Phi) is 3.52. The van der Waals surface area contributed by atoms with Gasteiger partial charge in [-0.25, -0.2) is 0 Å². The third kappa shape index (κ3) is 2.84. The molecule has 2 nitrogen and oxygen atoms in total. The Labute approximate surface area is 124 Å². The minimum atomic E-state index is 0.486. The summed E-state index contributed by atoms with van der Waals surface area (Å²) >= 11 is 0. The number of benzene rings is 3. The van der Waals surface area contributed by atoms with Crippen molar-refractivity contribution in [2.75, 3.05) is 5.73 Å². The molecule has 0 aromatic heterocycles. The first kappa shape index (κ1) is 13.1. The molecule has 0 radical (unpaired) electrons. The van der Waals surface area contributed by atoms with E-state index in [2.05, 4.69) is 18.2 Å². The summed E-state index contributed by atoms with van der Waals surface area (Å²) in [6, 6.07) is 25.7. The number of hydrogen-bond donors (Lipinski definition) is 2. The molecule has 0 aliphatic rings. The van der Waals surface area contributed by atoms with Crippen LogP contribution < -0.4 is 5.73 Å². The van der Waals surface area contributed by atoms with Crippen molar-refractivity contribution in [2.45, 2.75) is 0 Å². The van der Waals surface area contributed by atoms with Gasteiger partial charge in [0.2, 0.25) is 0 Å². The monoisotopic (exact) mass is 272 g/mol. The van der Waals surface area contributed by atoms with E-state index in [-0.39, 0.29) is 0 Å². The summed E-state index contributed by atoms with van der Waals surface area (Å²) in [7, 11) is 0. The fourth-order valence-electron chi connectivity index (χ4n) is 2.35. The fourth-order valence-corrected chi connectivity index (χ4v) is 2.35. The maximum atomic E-state index is 8.37. The Morgan fingerprint density at radius 1 is 0.667 bits per heavy atom. The van der Waals surface area contributed by atoms with Gasteiger partial charge in [-0.15, -0.1) is 0 Å². The summed E-state index contributed by atoms with van der Waals surface area (Å²) in [5.74, 6) is 0. The van der Waals surface area contributed by atoms with Crippen molar-refractivity contribution in [1.82, 2.24) is 0 Å². The molecular formula is C19H16N2. The van der Waals surface area contributed by atoms with Gasteiger partial charge in [0.15, 0.2) is 0 Å². The molecule has 0 aliphatic carbocycles. The predicted octanol–water partition coefficient (Wildman–Crippen LogP) is 4.35. The van der Waals surface area contributed by atoms with Crippen LogP contribution in [0.1, 0.15) is 11.1 Å². The van der Waals surface area contributed by atoms with E-state index in [1.54, 1.807) is 0 Å². The quantitative estimate of drug-likeness (QED) is 0.540. The van der Waals surface area contributed by atoms with E-state index in [0.717, 1.165) is 22.3 Å². The first-order valence-electron chi connectivity index (χ1n) is 6.84. The highest BCUT2D eigenvalue weighted by atomic mass is 14.5. The molecule has 3 aromatic carbocycles. The average Bonchev–Trinajstić information content (AvgIpc) is 2.55. The zero-order valence-electron chi connectivity index (χ0n) is 11.6. The van der Waals surface area contributed by atoms with Crippen LogP contribution in [0.5, 0.6) is 0 Å². The molecule has 0 bridgehead atoms. The van der Waals surface area contributed by atoms with Crippen LogP contribution in [0.15, 0.2) is 78.9 Å². The summed E-state index contributed by atoms with van der Waals surface area (Å²) in [4.78, 5) is 0. The van der Waals surface area contributed by atoms with Crippen LogP contribution in [0.2, 0.25) is 0 Å². The van der Waals surface area contributed by atoms with E-state index >= 15 is 0 Å². The molecule has 102 valence electrons. The Morgan fingerprint density at radius 2 is 1.29 bits per heavy atom. The molecule has 0 saturated heterocycles. The number of nitrogens with two attached hydrogens (primary N) is 1. The highest BCUT2D eigenvalue weighted by molar-refractivity contribution is 6.11. The maximum Gasteiger partial charge on any atom is 0.0685 e. The lowest BCUT2D eigenvalue weighted by atomic mass is 9.97. The minimum absolute atomic E-state index is 0.486. The van der Waals surface area contributed by atoms with Crippen LogP contribution in [-0.4, -0.2) is 5.71 Å². The maximum absolute atomic E-state index is 8.37. The SMILES string of the molecule is N=C(c1cccc(N)c1)c1cccc(-c2ccccc2)c1. The highest BCUT2D eigenvalue weighted by Crippen LogP contribution is 2.21. The van der Waals surface area contributed by atoms with Gasteiger partial charge >= 0.3 is 0 Å². The molecule has 3 N–H and O–H groups in total.